The zero-order chi connectivity index (χ0) is 11.7. The number of carbonyl (C=O) groups is 2. The van der Waals surface area contributed by atoms with Gasteiger partial charge >= 0.3 is 0 Å². The molecule has 0 aliphatic heterocycles. The zero-order valence-electron chi connectivity index (χ0n) is 9.58. The standard InChI is InChI=1S/C10H21N3O2/c1-13(2)10(15)6-8-12-7-4-3-5-9(11)14/h12H,3-8H2,1-2H3,(H2,11,14). The van der Waals surface area contributed by atoms with E-state index in [0.717, 1.165) is 19.4 Å². The van der Waals surface area contributed by atoms with Gasteiger partial charge in [0.15, 0.2) is 0 Å². The van der Waals surface area contributed by atoms with Crippen molar-refractivity contribution in [2.45, 2.75) is 25.7 Å². The number of nitrogens with two attached hydrogens (primary N) is 1. The second-order valence-corrected chi connectivity index (χ2v) is 3.71. The number of primary amides is 1. The van der Waals surface area contributed by atoms with Crippen molar-refractivity contribution in [1.29, 1.82) is 0 Å². The fraction of sp³-hybridized carbons (Fsp3) is 0.800. The van der Waals surface area contributed by atoms with Gasteiger partial charge in [-0.25, -0.2) is 0 Å². The Kier molecular flexibility index (Phi) is 7.62. The van der Waals surface area contributed by atoms with E-state index in [0.29, 0.717) is 19.4 Å². The molecule has 0 spiro atoms. The number of unbranched alkanes of at least 4 members (excludes halogenated alkanes) is 1. The average molecular weight is 215 g/mol. The minimum Gasteiger partial charge on any atom is -0.370 e. The number of rotatable bonds is 8. The molecule has 0 radical (unpaired) electrons. The van der Waals surface area contributed by atoms with E-state index in [1.54, 1.807) is 19.0 Å². The third kappa shape index (κ3) is 9.21. The predicted octanol–water partition coefficient (Wildman–Crippen LogP) is -0.290. The summed E-state index contributed by atoms with van der Waals surface area (Å²) in [6.45, 7) is 1.52. The lowest BCUT2D eigenvalue weighted by molar-refractivity contribution is -0.128. The molecular weight excluding hydrogens is 194 g/mol. The van der Waals surface area contributed by atoms with E-state index >= 15 is 0 Å². The molecule has 0 rings (SSSR count). The Hall–Kier alpha value is -1.10. The highest BCUT2D eigenvalue weighted by atomic mass is 16.2. The van der Waals surface area contributed by atoms with Crippen LogP contribution in [0.15, 0.2) is 0 Å². The first kappa shape index (κ1) is 13.9. The number of nitrogens with zero attached hydrogens (tertiary/aromatic N) is 1. The molecule has 0 fully saturated rings. The highest BCUT2D eigenvalue weighted by Crippen LogP contribution is 1.92. The van der Waals surface area contributed by atoms with E-state index in [2.05, 4.69) is 5.32 Å². The Balaban J connectivity index is 3.18. The maximum Gasteiger partial charge on any atom is 0.223 e. The van der Waals surface area contributed by atoms with Gasteiger partial charge in [0.1, 0.15) is 0 Å². The molecule has 0 unspecified atom stereocenters. The second-order valence-electron chi connectivity index (χ2n) is 3.71. The fourth-order valence-electron chi connectivity index (χ4n) is 1.09. The van der Waals surface area contributed by atoms with Crippen LogP contribution in [0.2, 0.25) is 0 Å². The molecule has 0 aromatic heterocycles. The molecule has 88 valence electrons. The summed E-state index contributed by atoms with van der Waals surface area (Å²) in [7, 11) is 3.49. The van der Waals surface area contributed by atoms with Crippen molar-refractivity contribution in [1.82, 2.24) is 10.2 Å². The maximum atomic E-state index is 11.1. The van der Waals surface area contributed by atoms with E-state index in [1.807, 2.05) is 0 Å². The topological polar surface area (TPSA) is 75.4 Å². The van der Waals surface area contributed by atoms with Gasteiger partial charge < -0.3 is 16.0 Å². The molecule has 0 aliphatic carbocycles. The molecule has 5 heteroatoms. The van der Waals surface area contributed by atoms with Crippen LogP contribution in [0.25, 0.3) is 0 Å². The Morgan fingerprint density at radius 1 is 1.13 bits per heavy atom. The van der Waals surface area contributed by atoms with E-state index in [9.17, 15) is 9.59 Å². The maximum absolute atomic E-state index is 11.1. The molecule has 0 aromatic rings. The Morgan fingerprint density at radius 2 is 1.80 bits per heavy atom. The summed E-state index contributed by atoms with van der Waals surface area (Å²) >= 11 is 0. The van der Waals surface area contributed by atoms with Crippen LogP contribution < -0.4 is 11.1 Å². The van der Waals surface area contributed by atoms with Crippen LogP contribution in [0, 0.1) is 0 Å². The van der Waals surface area contributed by atoms with E-state index < -0.39 is 0 Å². The molecule has 3 N–H and O–H groups in total. The normalized spacial score (nSPS) is 10.0. The predicted molar refractivity (Wildman–Crippen MR) is 59.2 cm³/mol. The molecule has 0 atom stereocenters. The Bertz CT molecular complexity index is 205. The van der Waals surface area contributed by atoms with Crippen LogP contribution in [0.4, 0.5) is 0 Å². The average Bonchev–Trinajstić information content (AvgIpc) is 2.15. The van der Waals surface area contributed by atoms with Gasteiger partial charge in [-0.15, -0.1) is 0 Å². The molecule has 0 heterocycles. The molecule has 0 saturated heterocycles. The van der Waals surface area contributed by atoms with E-state index in [1.165, 1.54) is 0 Å². The molecule has 5 nitrogen and oxygen atoms in total. The molecular formula is C10H21N3O2. The molecule has 0 bridgehead atoms. The third-order valence-corrected chi connectivity index (χ3v) is 2.04. The largest absolute Gasteiger partial charge is 0.370 e. The van der Waals surface area contributed by atoms with Crippen LogP contribution in [0.3, 0.4) is 0 Å². The van der Waals surface area contributed by atoms with Crippen LogP contribution in [0.5, 0.6) is 0 Å². The lowest BCUT2D eigenvalue weighted by Crippen LogP contribution is -2.27. The van der Waals surface area contributed by atoms with Gasteiger partial charge in [-0.2, -0.15) is 0 Å². The van der Waals surface area contributed by atoms with E-state index in [4.69, 9.17) is 5.73 Å². The van der Waals surface area contributed by atoms with Crippen LogP contribution >= 0.6 is 0 Å². The monoisotopic (exact) mass is 215 g/mol. The number of hydrogen-bond acceptors (Lipinski definition) is 3. The highest BCUT2D eigenvalue weighted by molar-refractivity contribution is 5.75. The lowest BCUT2D eigenvalue weighted by Gasteiger charge is -2.10. The second kappa shape index (κ2) is 8.23. The summed E-state index contributed by atoms with van der Waals surface area (Å²) in [5, 5.41) is 3.15. The minimum atomic E-state index is -0.252. The van der Waals surface area contributed by atoms with Gasteiger partial charge in [-0.3, -0.25) is 9.59 Å². The number of hydrogen-bond donors (Lipinski definition) is 2. The molecule has 0 aliphatic rings. The molecule has 2 amide bonds. The van der Waals surface area contributed by atoms with Crippen molar-refractivity contribution in [3.63, 3.8) is 0 Å². The van der Waals surface area contributed by atoms with Crippen molar-refractivity contribution in [3.8, 4) is 0 Å². The Morgan fingerprint density at radius 3 is 2.33 bits per heavy atom. The number of carbonyl (C=O) groups excluding carboxylic acids is 2. The lowest BCUT2D eigenvalue weighted by atomic mass is 10.2. The Labute approximate surface area is 91.0 Å². The summed E-state index contributed by atoms with van der Waals surface area (Å²) in [6, 6.07) is 0. The fourth-order valence-corrected chi connectivity index (χ4v) is 1.09. The molecule has 15 heavy (non-hydrogen) atoms. The van der Waals surface area contributed by atoms with Crippen molar-refractivity contribution in [2.24, 2.45) is 5.73 Å². The first-order valence-corrected chi connectivity index (χ1v) is 5.23. The van der Waals surface area contributed by atoms with Gasteiger partial charge in [-0.1, -0.05) is 0 Å². The summed E-state index contributed by atoms with van der Waals surface area (Å²) in [5.41, 5.74) is 5.00. The van der Waals surface area contributed by atoms with Crippen molar-refractivity contribution >= 4 is 11.8 Å². The number of nitrogens with one attached hydrogen (secondary N) is 1. The summed E-state index contributed by atoms with van der Waals surface area (Å²) < 4.78 is 0. The van der Waals surface area contributed by atoms with Crippen molar-refractivity contribution < 1.29 is 9.59 Å². The van der Waals surface area contributed by atoms with Crippen LogP contribution in [-0.4, -0.2) is 43.9 Å². The van der Waals surface area contributed by atoms with Crippen molar-refractivity contribution in [2.75, 3.05) is 27.2 Å². The van der Waals surface area contributed by atoms with Crippen molar-refractivity contribution in [3.05, 3.63) is 0 Å². The number of amides is 2. The quantitative estimate of drug-likeness (QED) is 0.546. The van der Waals surface area contributed by atoms with Gasteiger partial charge in [0.2, 0.25) is 11.8 Å². The molecule has 0 saturated carbocycles. The van der Waals surface area contributed by atoms with Gasteiger partial charge in [-0.05, 0) is 19.4 Å². The van der Waals surface area contributed by atoms with Gasteiger partial charge in [0.25, 0.3) is 0 Å². The molecule has 0 aromatic carbocycles. The SMILES string of the molecule is CN(C)C(=O)CCNCCCCC(N)=O. The summed E-state index contributed by atoms with van der Waals surface area (Å²) in [6.07, 6.45) is 2.68. The highest BCUT2D eigenvalue weighted by Gasteiger charge is 2.01. The minimum absolute atomic E-state index is 0.125. The first-order chi connectivity index (χ1) is 7.04. The smallest absolute Gasteiger partial charge is 0.223 e. The van der Waals surface area contributed by atoms with Crippen LogP contribution in [-0.2, 0) is 9.59 Å². The summed E-state index contributed by atoms with van der Waals surface area (Å²) in [5.74, 6) is -0.127. The van der Waals surface area contributed by atoms with Gasteiger partial charge in [0, 0.05) is 33.5 Å². The van der Waals surface area contributed by atoms with E-state index in [-0.39, 0.29) is 11.8 Å². The van der Waals surface area contributed by atoms with Gasteiger partial charge in [0.05, 0.1) is 0 Å². The zero-order valence-corrected chi connectivity index (χ0v) is 9.58. The third-order valence-electron chi connectivity index (χ3n) is 2.04. The summed E-state index contributed by atoms with van der Waals surface area (Å²) in [4.78, 5) is 23.1. The first-order valence-electron chi connectivity index (χ1n) is 5.23. The van der Waals surface area contributed by atoms with Crippen LogP contribution in [0.1, 0.15) is 25.7 Å².